The lowest BCUT2D eigenvalue weighted by molar-refractivity contribution is 0.0961. The fourth-order valence-corrected chi connectivity index (χ4v) is 1.70. The number of nitrogens with zero attached hydrogens (tertiary/aromatic N) is 2. The number of nitrogens with one attached hydrogen (secondary N) is 1. The van der Waals surface area contributed by atoms with E-state index >= 15 is 0 Å². The van der Waals surface area contributed by atoms with Gasteiger partial charge in [0.2, 0.25) is 0 Å². The minimum Gasteiger partial charge on any atom is -0.432 e. The molecule has 15 heavy (non-hydrogen) atoms. The summed E-state index contributed by atoms with van der Waals surface area (Å²) in [6.45, 7) is 5.18. The van der Waals surface area contributed by atoms with Crippen molar-refractivity contribution in [1.29, 1.82) is 0 Å². The van der Waals surface area contributed by atoms with Gasteiger partial charge in [-0.25, -0.2) is 0 Å². The van der Waals surface area contributed by atoms with Crippen LogP contribution in [0.15, 0.2) is 10.7 Å². The van der Waals surface area contributed by atoms with Crippen LogP contribution in [0, 0.1) is 0 Å². The zero-order valence-electron chi connectivity index (χ0n) is 9.19. The van der Waals surface area contributed by atoms with Crippen LogP contribution in [0.4, 0.5) is 6.01 Å². The lowest BCUT2D eigenvalue weighted by Gasteiger charge is -2.31. The summed E-state index contributed by atoms with van der Waals surface area (Å²) in [6.07, 6.45) is 1.70. The maximum atomic E-state index is 5.45. The molecule has 1 fully saturated rings. The van der Waals surface area contributed by atoms with Gasteiger partial charge in [-0.15, -0.1) is 0 Å². The van der Waals surface area contributed by atoms with E-state index < -0.39 is 0 Å². The van der Waals surface area contributed by atoms with E-state index in [0.717, 1.165) is 32.0 Å². The number of aromatic nitrogens is 1. The fraction of sp³-hybridized carbons (Fsp3) is 0.700. The quantitative estimate of drug-likeness (QED) is 0.794. The Morgan fingerprint density at radius 1 is 1.67 bits per heavy atom. The van der Waals surface area contributed by atoms with Crippen molar-refractivity contribution in [3.05, 3.63) is 12.0 Å². The van der Waals surface area contributed by atoms with E-state index in [-0.39, 0.29) is 0 Å². The molecule has 1 atom stereocenters. The lowest BCUT2D eigenvalue weighted by Crippen LogP contribution is -2.43. The molecule has 0 aliphatic carbocycles. The first-order valence-electron chi connectivity index (χ1n) is 5.24. The van der Waals surface area contributed by atoms with Crippen molar-refractivity contribution in [2.75, 3.05) is 31.7 Å². The number of hydrogen-bond acceptors (Lipinski definition) is 5. The Morgan fingerprint density at radius 2 is 2.53 bits per heavy atom. The van der Waals surface area contributed by atoms with Crippen LogP contribution in [0.1, 0.15) is 12.6 Å². The van der Waals surface area contributed by atoms with Crippen molar-refractivity contribution in [2.24, 2.45) is 0 Å². The Hall–Kier alpha value is -1.07. The van der Waals surface area contributed by atoms with Gasteiger partial charge in [0.1, 0.15) is 6.26 Å². The van der Waals surface area contributed by atoms with Crippen LogP contribution in [0.5, 0.6) is 0 Å². The molecule has 1 N–H and O–H groups in total. The van der Waals surface area contributed by atoms with Crippen molar-refractivity contribution in [2.45, 2.75) is 19.5 Å². The molecule has 1 aliphatic heterocycles. The Kier molecular flexibility index (Phi) is 3.23. The molecule has 1 aliphatic rings. The minimum absolute atomic E-state index is 0.333. The summed E-state index contributed by atoms with van der Waals surface area (Å²) < 4.78 is 10.8. The van der Waals surface area contributed by atoms with Gasteiger partial charge in [0.05, 0.1) is 24.9 Å². The molecule has 1 saturated heterocycles. The number of ether oxygens (including phenoxy) is 1. The topological polar surface area (TPSA) is 50.5 Å². The standard InChI is InChI=1S/C10H17N3O2/c1-8-6-14-4-3-13(8)10-12-9(5-11-2)7-15-10/h7-8,11H,3-6H2,1-2H3. The fourth-order valence-electron chi connectivity index (χ4n) is 1.70. The number of morpholine rings is 1. The van der Waals surface area contributed by atoms with Crippen LogP contribution in [-0.4, -0.2) is 37.8 Å². The molecule has 0 aromatic carbocycles. The Morgan fingerprint density at radius 3 is 3.27 bits per heavy atom. The van der Waals surface area contributed by atoms with Gasteiger partial charge in [0, 0.05) is 13.1 Å². The average molecular weight is 211 g/mol. The molecule has 5 heteroatoms. The molecule has 0 bridgehead atoms. The normalized spacial score (nSPS) is 22.0. The SMILES string of the molecule is CNCc1coc(N2CCOCC2C)n1. The van der Waals surface area contributed by atoms with E-state index in [1.54, 1.807) is 6.26 Å². The molecule has 1 aromatic rings. The van der Waals surface area contributed by atoms with Crippen molar-refractivity contribution in [3.63, 3.8) is 0 Å². The predicted octanol–water partition coefficient (Wildman–Crippen LogP) is 0.619. The van der Waals surface area contributed by atoms with E-state index in [9.17, 15) is 0 Å². The third kappa shape index (κ3) is 2.30. The molecular formula is C10H17N3O2. The maximum Gasteiger partial charge on any atom is 0.297 e. The molecule has 2 rings (SSSR count). The van der Waals surface area contributed by atoms with Crippen molar-refractivity contribution in [3.8, 4) is 0 Å². The Balaban J connectivity index is 2.06. The summed E-state index contributed by atoms with van der Waals surface area (Å²) in [5, 5.41) is 3.05. The first-order valence-corrected chi connectivity index (χ1v) is 5.24. The van der Waals surface area contributed by atoms with Gasteiger partial charge in [0.15, 0.2) is 0 Å². The number of hydrogen-bond donors (Lipinski definition) is 1. The molecule has 0 saturated carbocycles. The lowest BCUT2D eigenvalue weighted by atomic mass is 10.3. The third-order valence-corrected chi connectivity index (χ3v) is 2.51. The van der Waals surface area contributed by atoms with Crippen LogP contribution >= 0.6 is 0 Å². The monoisotopic (exact) mass is 211 g/mol. The highest BCUT2D eigenvalue weighted by Crippen LogP contribution is 2.18. The second kappa shape index (κ2) is 4.63. The molecule has 0 amide bonds. The molecule has 1 aromatic heterocycles. The molecule has 1 unspecified atom stereocenters. The maximum absolute atomic E-state index is 5.45. The first kappa shape index (κ1) is 10.4. The second-order valence-electron chi connectivity index (χ2n) is 3.77. The molecule has 0 radical (unpaired) electrons. The predicted molar refractivity (Wildman–Crippen MR) is 56.9 cm³/mol. The highest BCUT2D eigenvalue weighted by molar-refractivity contribution is 5.29. The molecular weight excluding hydrogens is 194 g/mol. The van der Waals surface area contributed by atoms with Gasteiger partial charge in [-0.05, 0) is 14.0 Å². The third-order valence-electron chi connectivity index (χ3n) is 2.51. The van der Waals surface area contributed by atoms with Crippen LogP contribution in [0.25, 0.3) is 0 Å². The van der Waals surface area contributed by atoms with E-state index in [2.05, 4.69) is 22.1 Å². The summed E-state index contributed by atoms with van der Waals surface area (Å²) in [5.74, 6) is 0. The number of anilines is 1. The first-order chi connectivity index (χ1) is 7.31. The average Bonchev–Trinajstić information content (AvgIpc) is 2.68. The summed E-state index contributed by atoms with van der Waals surface area (Å²) in [5.41, 5.74) is 0.936. The molecule has 2 heterocycles. The van der Waals surface area contributed by atoms with E-state index in [1.165, 1.54) is 0 Å². The van der Waals surface area contributed by atoms with E-state index in [4.69, 9.17) is 9.15 Å². The van der Waals surface area contributed by atoms with E-state index in [0.29, 0.717) is 12.1 Å². The van der Waals surface area contributed by atoms with Crippen molar-refractivity contribution < 1.29 is 9.15 Å². The Bertz CT molecular complexity index is 313. The van der Waals surface area contributed by atoms with Crippen LogP contribution in [0.2, 0.25) is 0 Å². The number of oxazole rings is 1. The summed E-state index contributed by atoms with van der Waals surface area (Å²) in [7, 11) is 1.89. The van der Waals surface area contributed by atoms with Crippen molar-refractivity contribution in [1.82, 2.24) is 10.3 Å². The van der Waals surface area contributed by atoms with Gasteiger partial charge in [-0.2, -0.15) is 4.98 Å². The zero-order chi connectivity index (χ0) is 10.7. The van der Waals surface area contributed by atoms with Gasteiger partial charge in [-0.3, -0.25) is 0 Å². The van der Waals surface area contributed by atoms with Gasteiger partial charge in [0.25, 0.3) is 6.01 Å². The molecule has 84 valence electrons. The highest BCUT2D eigenvalue weighted by atomic mass is 16.5. The number of rotatable bonds is 3. The van der Waals surface area contributed by atoms with Gasteiger partial charge >= 0.3 is 0 Å². The van der Waals surface area contributed by atoms with E-state index in [1.807, 2.05) is 7.05 Å². The summed E-state index contributed by atoms with van der Waals surface area (Å²) in [4.78, 5) is 6.56. The smallest absolute Gasteiger partial charge is 0.297 e. The van der Waals surface area contributed by atoms with Crippen LogP contribution in [-0.2, 0) is 11.3 Å². The molecule has 0 spiro atoms. The zero-order valence-corrected chi connectivity index (χ0v) is 9.19. The van der Waals surface area contributed by atoms with Gasteiger partial charge in [-0.1, -0.05) is 0 Å². The van der Waals surface area contributed by atoms with Gasteiger partial charge < -0.3 is 19.4 Å². The van der Waals surface area contributed by atoms with Crippen LogP contribution < -0.4 is 10.2 Å². The largest absolute Gasteiger partial charge is 0.432 e. The van der Waals surface area contributed by atoms with Crippen molar-refractivity contribution >= 4 is 6.01 Å². The second-order valence-corrected chi connectivity index (χ2v) is 3.77. The van der Waals surface area contributed by atoms with Crippen LogP contribution in [0.3, 0.4) is 0 Å². The molecule has 5 nitrogen and oxygen atoms in total. The summed E-state index contributed by atoms with van der Waals surface area (Å²) >= 11 is 0. The highest BCUT2D eigenvalue weighted by Gasteiger charge is 2.22. The summed E-state index contributed by atoms with van der Waals surface area (Å²) in [6, 6.07) is 1.04. The minimum atomic E-state index is 0.333. The Labute approximate surface area is 89.4 Å².